The van der Waals surface area contributed by atoms with E-state index in [1.165, 1.54) is 18.2 Å². The molecule has 0 unspecified atom stereocenters. The molecule has 2 aromatic rings. The lowest BCUT2D eigenvalue weighted by molar-refractivity contribution is 0.474. The van der Waals surface area contributed by atoms with Crippen molar-refractivity contribution in [2.45, 2.75) is 6.92 Å². The first-order valence-electron chi connectivity index (χ1n) is 5.24. The summed E-state index contributed by atoms with van der Waals surface area (Å²) in [5.41, 5.74) is 0.862. The second-order valence-electron chi connectivity index (χ2n) is 3.76. The number of aryl methyl sites for hydroxylation is 1. The second-order valence-corrected chi connectivity index (χ2v) is 4.17. The van der Waals surface area contributed by atoms with Gasteiger partial charge in [-0.1, -0.05) is 23.7 Å². The maximum atomic E-state index is 13.4. The van der Waals surface area contributed by atoms with Crippen molar-refractivity contribution in [3.05, 3.63) is 58.4 Å². The van der Waals surface area contributed by atoms with Crippen LogP contribution in [0.25, 0.3) is 0 Å². The molecule has 2 nitrogen and oxygen atoms in total. The first-order valence-corrected chi connectivity index (χ1v) is 5.62. The van der Waals surface area contributed by atoms with E-state index in [1.54, 1.807) is 18.2 Å². The highest BCUT2D eigenvalue weighted by molar-refractivity contribution is 6.32. The molecule has 0 fully saturated rings. The fourth-order valence-electron chi connectivity index (χ4n) is 1.51. The molecule has 18 heavy (non-hydrogen) atoms. The minimum Gasteiger partial charge on any atom is -0.454 e. The van der Waals surface area contributed by atoms with E-state index in [0.717, 1.165) is 5.56 Å². The lowest BCUT2D eigenvalue weighted by atomic mass is 10.2. The number of hydrogen-bond acceptors (Lipinski definition) is 2. The summed E-state index contributed by atoms with van der Waals surface area (Å²) in [5, 5.41) is 9.31. The molecule has 0 aliphatic rings. The van der Waals surface area contributed by atoms with Gasteiger partial charge in [-0.05, 0) is 36.8 Å². The standard InChI is InChI=1S/C14H9ClFNO/c1-9-5-6-14(11(15)7-9)18-13-4-2-3-12(16)10(13)8-17/h2-7H,1H3. The summed E-state index contributed by atoms with van der Waals surface area (Å²) in [5.74, 6) is -0.0640. The Kier molecular flexibility index (Phi) is 3.50. The molecule has 0 aromatic heterocycles. The fourth-order valence-corrected chi connectivity index (χ4v) is 1.78. The lowest BCUT2D eigenvalue weighted by Crippen LogP contribution is -1.92. The van der Waals surface area contributed by atoms with Crippen LogP contribution in [0.15, 0.2) is 36.4 Å². The quantitative estimate of drug-likeness (QED) is 0.800. The van der Waals surface area contributed by atoms with Crippen molar-refractivity contribution in [2.75, 3.05) is 0 Å². The van der Waals surface area contributed by atoms with Crippen LogP contribution >= 0.6 is 11.6 Å². The summed E-state index contributed by atoms with van der Waals surface area (Å²) in [6, 6.07) is 11.2. The van der Waals surface area contributed by atoms with Gasteiger partial charge in [-0.15, -0.1) is 0 Å². The summed E-state index contributed by atoms with van der Waals surface area (Å²) in [6.45, 7) is 1.90. The number of benzene rings is 2. The molecule has 0 saturated heterocycles. The van der Waals surface area contributed by atoms with Gasteiger partial charge in [0.25, 0.3) is 0 Å². The van der Waals surface area contributed by atoms with Gasteiger partial charge in [0, 0.05) is 0 Å². The molecule has 0 heterocycles. The van der Waals surface area contributed by atoms with Crippen LogP contribution in [0.3, 0.4) is 0 Å². The molecule has 0 spiro atoms. The predicted molar refractivity (Wildman–Crippen MR) is 67.4 cm³/mol. The Hall–Kier alpha value is -2.05. The molecule has 0 N–H and O–H groups in total. The van der Waals surface area contributed by atoms with Gasteiger partial charge in [0.2, 0.25) is 0 Å². The van der Waals surface area contributed by atoms with E-state index in [1.807, 2.05) is 13.0 Å². The Morgan fingerprint density at radius 1 is 1.22 bits per heavy atom. The zero-order valence-electron chi connectivity index (χ0n) is 9.58. The van der Waals surface area contributed by atoms with Crippen molar-refractivity contribution < 1.29 is 9.13 Å². The minimum absolute atomic E-state index is 0.130. The van der Waals surface area contributed by atoms with Crippen molar-refractivity contribution in [1.29, 1.82) is 5.26 Å². The van der Waals surface area contributed by atoms with Gasteiger partial charge in [0.1, 0.15) is 28.9 Å². The molecule has 0 aliphatic carbocycles. The summed E-state index contributed by atoms with van der Waals surface area (Å²) < 4.78 is 18.9. The highest BCUT2D eigenvalue weighted by atomic mass is 35.5. The van der Waals surface area contributed by atoms with E-state index < -0.39 is 5.82 Å². The van der Waals surface area contributed by atoms with Crippen molar-refractivity contribution in [3.8, 4) is 17.6 Å². The molecule has 0 atom stereocenters. The molecule has 2 aromatic carbocycles. The topological polar surface area (TPSA) is 33.0 Å². The third kappa shape index (κ3) is 2.44. The third-order valence-electron chi connectivity index (χ3n) is 2.39. The Balaban J connectivity index is 2.41. The largest absolute Gasteiger partial charge is 0.454 e. The molecular formula is C14H9ClFNO. The summed E-state index contributed by atoms with van der Waals surface area (Å²) in [7, 11) is 0. The molecule has 0 saturated carbocycles. The van der Waals surface area contributed by atoms with Crippen LogP contribution in [0, 0.1) is 24.1 Å². The molecule has 0 radical (unpaired) electrons. The molecule has 0 bridgehead atoms. The molecule has 2 rings (SSSR count). The van der Waals surface area contributed by atoms with Crippen LogP contribution in [0.2, 0.25) is 5.02 Å². The fraction of sp³-hybridized carbons (Fsp3) is 0.0714. The highest BCUT2D eigenvalue weighted by Gasteiger charge is 2.11. The molecule has 0 amide bonds. The van der Waals surface area contributed by atoms with Gasteiger partial charge in [0.15, 0.2) is 0 Å². The lowest BCUT2D eigenvalue weighted by Gasteiger charge is -2.09. The second kappa shape index (κ2) is 5.07. The van der Waals surface area contributed by atoms with E-state index in [9.17, 15) is 4.39 Å². The molecule has 0 aliphatic heterocycles. The zero-order valence-corrected chi connectivity index (χ0v) is 10.3. The van der Waals surface area contributed by atoms with Crippen molar-refractivity contribution in [3.63, 3.8) is 0 Å². The van der Waals surface area contributed by atoms with Gasteiger partial charge in [0.05, 0.1) is 5.02 Å². The Morgan fingerprint density at radius 3 is 2.67 bits per heavy atom. The van der Waals surface area contributed by atoms with Crippen molar-refractivity contribution >= 4 is 11.6 Å². The maximum Gasteiger partial charge on any atom is 0.148 e. The van der Waals surface area contributed by atoms with E-state index in [2.05, 4.69) is 0 Å². The third-order valence-corrected chi connectivity index (χ3v) is 2.69. The number of nitrogens with zero attached hydrogens (tertiary/aromatic N) is 1. The van der Waals surface area contributed by atoms with Gasteiger partial charge >= 0.3 is 0 Å². The number of ether oxygens (including phenoxy) is 1. The number of hydrogen-bond donors (Lipinski definition) is 0. The van der Waals surface area contributed by atoms with E-state index in [4.69, 9.17) is 21.6 Å². The first-order chi connectivity index (χ1) is 8.61. The predicted octanol–water partition coefficient (Wildman–Crippen LogP) is 4.45. The summed E-state index contributed by atoms with van der Waals surface area (Å²) >= 11 is 6.01. The average molecular weight is 262 g/mol. The van der Waals surface area contributed by atoms with E-state index in [0.29, 0.717) is 10.8 Å². The summed E-state index contributed by atoms with van der Waals surface area (Å²) in [6.07, 6.45) is 0. The van der Waals surface area contributed by atoms with Crippen LogP contribution in [0.1, 0.15) is 11.1 Å². The Morgan fingerprint density at radius 2 is 2.00 bits per heavy atom. The van der Waals surface area contributed by atoms with Gasteiger partial charge in [-0.2, -0.15) is 5.26 Å². The number of halogens is 2. The van der Waals surface area contributed by atoms with E-state index >= 15 is 0 Å². The van der Waals surface area contributed by atoms with Crippen LogP contribution in [-0.4, -0.2) is 0 Å². The molecular weight excluding hydrogens is 253 g/mol. The van der Waals surface area contributed by atoms with Crippen LogP contribution in [-0.2, 0) is 0 Å². The normalized spacial score (nSPS) is 9.89. The minimum atomic E-state index is -0.613. The summed E-state index contributed by atoms with van der Waals surface area (Å²) in [4.78, 5) is 0. The van der Waals surface area contributed by atoms with Crippen LogP contribution < -0.4 is 4.74 Å². The molecule has 4 heteroatoms. The van der Waals surface area contributed by atoms with Gasteiger partial charge in [-0.25, -0.2) is 4.39 Å². The number of nitriles is 1. The van der Waals surface area contributed by atoms with E-state index in [-0.39, 0.29) is 11.3 Å². The maximum absolute atomic E-state index is 13.4. The van der Waals surface area contributed by atoms with Crippen LogP contribution in [0.5, 0.6) is 11.5 Å². The van der Waals surface area contributed by atoms with Crippen molar-refractivity contribution in [1.82, 2.24) is 0 Å². The van der Waals surface area contributed by atoms with Crippen LogP contribution in [0.4, 0.5) is 4.39 Å². The smallest absolute Gasteiger partial charge is 0.148 e. The average Bonchev–Trinajstić information content (AvgIpc) is 2.33. The van der Waals surface area contributed by atoms with Gasteiger partial charge in [-0.3, -0.25) is 0 Å². The monoisotopic (exact) mass is 261 g/mol. The first kappa shape index (κ1) is 12.4. The zero-order chi connectivity index (χ0) is 13.1. The Bertz CT molecular complexity index is 634. The Labute approximate surface area is 109 Å². The van der Waals surface area contributed by atoms with Crippen molar-refractivity contribution in [2.24, 2.45) is 0 Å². The molecule has 90 valence electrons. The highest BCUT2D eigenvalue weighted by Crippen LogP contribution is 2.32. The number of rotatable bonds is 2. The van der Waals surface area contributed by atoms with Gasteiger partial charge < -0.3 is 4.74 Å². The SMILES string of the molecule is Cc1ccc(Oc2cccc(F)c2C#N)c(Cl)c1.